The molecule has 26 rings (SSSR count). The zero-order chi connectivity index (χ0) is 58.6. The Balaban J connectivity index is 0.760. The van der Waals surface area contributed by atoms with Crippen molar-refractivity contribution < 1.29 is 23.7 Å². The fourth-order valence-electron chi connectivity index (χ4n) is 25.7. The van der Waals surface area contributed by atoms with Crippen LogP contribution >= 0.6 is 0 Å². The van der Waals surface area contributed by atoms with E-state index in [0.717, 1.165) is 111 Å². The van der Waals surface area contributed by atoms with E-state index in [2.05, 4.69) is 147 Å². The van der Waals surface area contributed by atoms with E-state index in [1.807, 2.05) is 0 Å². The maximum absolute atomic E-state index is 7.82. The van der Waals surface area contributed by atoms with Gasteiger partial charge in [-0.25, -0.2) is 0 Å². The van der Waals surface area contributed by atoms with Crippen LogP contribution in [0.4, 0.5) is 17.1 Å². The summed E-state index contributed by atoms with van der Waals surface area (Å²) in [6, 6.07) is 47.7. The third kappa shape index (κ3) is 6.66. The Morgan fingerprint density at radius 3 is 1.06 bits per heavy atom. The summed E-state index contributed by atoms with van der Waals surface area (Å²) in [6.45, 7) is 6.62. The summed E-state index contributed by atoms with van der Waals surface area (Å²) < 4.78 is 37.5. The average molecular weight is 1170 g/mol. The van der Waals surface area contributed by atoms with Crippen molar-refractivity contribution >= 4 is 86.4 Å². The number of aryl methyl sites for hydroxylation is 3. The lowest BCUT2D eigenvalue weighted by molar-refractivity contribution is -0.00542. The number of fused-ring (bicyclic) bond motifs is 12. The van der Waals surface area contributed by atoms with Crippen LogP contribution in [0, 0.1) is 74.0 Å². The molecule has 18 aliphatic rings. The number of anilines is 3. The van der Waals surface area contributed by atoms with Crippen LogP contribution < -0.4 is 77.7 Å². The molecule has 8 aromatic rings. The number of hydrogen-bond acceptors (Lipinski definition) is 6. The Bertz CT molecular complexity index is 4510. The molecular formula is C81H74B3NO5. The lowest BCUT2D eigenvalue weighted by atomic mass is 9.30. The number of hydrogen-bond donors (Lipinski definition) is 0. The van der Waals surface area contributed by atoms with Crippen LogP contribution in [0.15, 0.2) is 121 Å². The van der Waals surface area contributed by atoms with E-state index in [1.165, 1.54) is 215 Å². The van der Waals surface area contributed by atoms with Gasteiger partial charge in [0.05, 0.1) is 5.69 Å². The Labute approximate surface area is 530 Å². The fourth-order valence-corrected chi connectivity index (χ4v) is 25.7. The molecule has 8 aromatic carbocycles. The molecule has 442 valence electrons. The first-order valence-electron chi connectivity index (χ1n) is 35.3. The molecule has 6 aliphatic heterocycles. The molecular weight excluding hydrogens is 1100 g/mol. The van der Waals surface area contributed by atoms with Crippen molar-refractivity contribution in [2.45, 2.75) is 153 Å². The molecule has 0 saturated heterocycles. The smallest absolute Gasteiger partial charge is 0.260 e. The third-order valence-corrected chi connectivity index (χ3v) is 27.6. The van der Waals surface area contributed by atoms with E-state index in [0.29, 0.717) is 0 Å². The Morgan fingerprint density at radius 1 is 0.311 bits per heavy atom. The normalized spacial score (nSPS) is 32.0. The summed E-state index contributed by atoms with van der Waals surface area (Å²) in [6.07, 6.45) is 24.3. The van der Waals surface area contributed by atoms with Crippen molar-refractivity contribution in [1.29, 1.82) is 0 Å². The number of benzene rings is 8. The van der Waals surface area contributed by atoms with Crippen LogP contribution in [0.2, 0.25) is 0 Å². The minimum Gasteiger partial charge on any atom is -0.458 e. The number of nitrogens with zero attached hydrogens (tertiary/aromatic N) is 1. The van der Waals surface area contributed by atoms with Gasteiger partial charge in [0.25, 0.3) is 20.1 Å². The van der Waals surface area contributed by atoms with Gasteiger partial charge in [-0.2, -0.15) is 0 Å². The van der Waals surface area contributed by atoms with Gasteiger partial charge < -0.3 is 28.6 Å². The first-order chi connectivity index (χ1) is 44.0. The second kappa shape index (κ2) is 17.1. The van der Waals surface area contributed by atoms with Crippen LogP contribution in [-0.2, 0) is 16.2 Å². The van der Waals surface area contributed by atoms with Crippen LogP contribution in [0.5, 0.6) is 57.5 Å². The van der Waals surface area contributed by atoms with Crippen molar-refractivity contribution in [1.82, 2.24) is 0 Å². The minimum atomic E-state index is -0.166. The lowest BCUT2D eigenvalue weighted by Gasteiger charge is -2.57. The van der Waals surface area contributed by atoms with Gasteiger partial charge >= 0.3 is 0 Å². The number of para-hydroxylation sites is 2. The summed E-state index contributed by atoms with van der Waals surface area (Å²) >= 11 is 0. The molecule has 12 fully saturated rings. The van der Waals surface area contributed by atoms with Crippen LogP contribution in [-0.4, -0.2) is 20.1 Å². The van der Waals surface area contributed by atoms with Crippen molar-refractivity contribution in [2.75, 3.05) is 4.90 Å². The van der Waals surface area contributed by atoms with Crippen molar-refractivity contribution in [2.24, 2.45) is 53.3 Å². The molecule has 12 saturated carbocycles. The SMILES string of the molecule is Cc1cc(C)c(N2c3cc4c(cc3B3c5cc6c(cc5Oc5cc(C78CC9CC(CC(C9)C7)C8)cc2c53)Oc2cc(C35CC7CC(CC(C7)C3)C5)cc3c2B6c2ccccc2O3)B2c3ccccc3Oc3cc(C56CC7CC(CC(C7)C5)C6)cc(c32)O4)c(C)c1. The average Bonchev–Trinajstić information content (AvgIpc) is 0.696. The number of rotatable bonds is 4. The van der Waals surface area contributed by atoms with E-state index in [1.54, 1.807) is 0 Å². The highest BCUT2D eigenvalue weighted by atomic mass is 16.5. The molecule has 6 heterocycles. The van der Waals surface area contributed by atoms with Gasteiger partial charge in [-0.1, -0.05) is 66.2 Å². The molecule has 0 amide bonds. The topological polar surface area (TPSA) is 49.4 Å². The van der Waals surface area contributed by atoms with Crippen LogP contribution in [0.25, 0.3) is 0 Å². The van der Waals surface area contributed by atoms with E-state index in [-0.39, 0.29) is 36.4 Å². The maximum atomic E-state index is 7.82. The van der Waals surface area contributed by atoms with Gasteiger partial charge in [-0.15, -0.1) is 0 Å². The quantitative estimate of drug-likeness (QED) is 0.164. The fraction of sp³-hybridized carbons (Fsp3) is 0.407. The van der Waals surface area contributed by atoms with Gasteiger partial charge in [0.1, 0.15) is 57.5 Å². The second-order valence-corrected chi connectivity index (χ2v) is 33.1. The van der Waals surface area contributed by atoms with Crippen LogP contribution in [0.1, 0.15) is 149 Å². The van der Waals surface area contributed by atoms with E-state index in [9.17, 15) is 0 Å². The van der Waals surface area contributed by atoms with Gasteiger partial charge in [0.15, 0.2) is 0 Å². The molecule has 6 nitrogen and oxygen atoms in total. The number of ether oxygens (including phenoxy) is 5. The second-order valence-electron chi connectivity index (χ2n) is 33.1. The highest BCUT2D eigenvalue weighted by Gasteiger charge is 2.58. The molecule has 9 heteroatoms. The predicted octanol–water partition coefficient (Wildman–Crippen LogP) is 13.9. The standard InChI is InChI=1S/C81H74B3NO5/c1-42-12-43(2)78(44(3)13-42)85-63-31-67-60(82-57-8-4-6-10-65(57)86-71-25-55(27-73(88-67)76(71)82)80-36-48-17-49(37-80)19-50(18-48)38-80)29-59(63)84-62-30-61-68(32-69(62)89-70-24-54(23-64(85)75(70)84)79-33-45-14-46(34-79)16-47(15-45)35-79)90-74-28-56(81-39-51-20-52(40-81)22-53(21-51)41-81)26-72-77(74)83(61)58-9-5-7-11-66(58)87-72/h4-13,23-32,45-53H,14-22,33-41H2,1-3H3. The predicted molar refractivity (Wildman–Crippen MR) is 361 cm³/mol. The van der Waals surface area contributed by atoms with E-state index in [4.69, 9.17) is 23.7 Å². The highest BCUT2D eigenvalue weighted by molar-refractivity contribution is 7.03. The van der Waals surface area contributed by atoms with Crippen molar-refractivity contribution in [3.8, 4) is 57.5 Å². The van der Waals surface area contributed by atoms with Crippen molar-refractivity contribution in [3.63, 3.8) is 0 Å². The van der Waals surface area contributed by atoms with Gasteiger partial charge in [0, 0.05) is 34.4 Å². The Kier molecular flexibility index (Phi) is 9.56. The lowest BCUT2D eigenvalue weighted by Crippen LogP contribution is -2.64. The largest absolute Gasteiger partial charge is 0.458 e. The summed E-state index contributed by atoms with van der Waals surface area (Å²) in [7, 11) is 0. The summed E-state index contributed by atoms with van der Waals surface area (Å²) in [5.74, 6) is 16.9. The van der Waals surface area contributed by atoms with Gasteiger partial charge in [-0.3, -0.25) is 0 Å². The maximum Gasteiger partial charge on any atom is 0.260 e. The van der Waals surface area contributed by atoms with E-state index < -0.39 is 0 Å². The molecule has 12 aliphatic carbocycles. The van der Waals surface area contributed by atoms with E-state index >= 15 is 0 Å². The van der Waals surface area contributed by atoms with Gasteiger partial charge in [0.2, 0.25) is 0 Å². The molecule has 0 N–H and O–H groups in total. The first kappa shape index (κ1) is 50.4. The Hall–Kier alpha value is -7.25. The summed E-state index contributed by atoms with van der Waals surface area (Å²) in [5, 5.41) is 0. The molecule has 0 atom stereocenters. The zero-order valence-electron chi connectivity index (χ0n) is 52.2. The summed E-state index contributed by atoms with van der Waals surface area (Å²) in [4.78, 5) is 2.70. The molecule has 0 unspecified atom stereocenters. The van der Waals surface area contributed by atoms with Gasteiger partial charge in [-0.05, 0) is 320 Å². The highest BCUT2D eigenvalue weighted by Crippen LogP contribution is 2.65. The van der Waals surface area contributed by atoms with Crippen LogP contribution in [0.3, 0.4) is 0 Å². The zero-order valence-corrected chi connectivity index (χ0v) is 52.2. The molecule has 0 spiro atoms. The molecule has 90 heavy (non-hydrogen) atoms. The first-order valence-corrected chi connectivity index (χ1v) is 35.3. The minimum absolute atomic E-state index is 0.0786. The molecule has 0 radical (unpaired) electrons. The molecule has 0 aromatic heterocycles. The Morgan fingerprint density at radius 2 is 0.644 bits per heavy atom. The third-order valence-electron chi connectivity index (χ3n) is 27.6. The monoisotopic (exact) mass is 1170 g/mol. The summed E-state index contributed by atoms with van der Waals surface area (Å²) in [5.41, 5.74) is 23.2. The van der Waals surface area contributed by atoms with Crippen molar-refractivity contribution in [3.05, 3.63) is 155 Å². The molecule has 12 bridgehead atoms.